The zero-order valence-corrected chi connectivity index (χ0v) is 11.0. The van der Waals surface area contributed by atoms with Gasteiger partial charge in [0.2, 0.25) is 5.16 Å². The predicted molar refractivity (Wildman–Crippen MR) is 68.4 cm³/mol. The highest BCUT2D eigenvalue weighted by Crippen LogP contribution is 2.34. The van der Waals surface area contributed by atoms with Gasteiger partial charge in [-0.15, -0.1) is 5.10 Å². The quantitative estimate of drug-likeness (QED) is 0.852. The SMILES string of the molecule is N#Cc1ncccc1Sc1nnnn1C1CCCC1. The minimum absolute atomic E-state index is 0.389. The fourth-order valence-corrected chi connectivity index (χ4v) is 3.18. The summed E-state index contributed by atoms with van der Waals surface area (Å²) in [5.74, 6) is 0. The fourth-order valence-electron chi connectivity index (χ4n) is 2.29. The van der Waals surface area contributed by atoms with E-state index in [1.807, 2.05) is 16.8 Å². The second kappa shape index (κ2) is 5.36. The molecule has 2 heterocycles. The monoisotopic (exact) mass is 272 g/mol. The average Bonchev–Trinajstić information content (AvgIpc) is 3.09. The van der Waals surface area contributed by atoms with Crippen LogP contribution in [-0.4, -0.2) is 25.2 Å². The van der Waals surface area contributed by atoms with Crippen molar-refractivity contribution in [3.8, 4) is 6.07 Å². The van der Waals surface area contributed by atoms with Crippen LogP contribution in [0.3, 0.4) is 0 Å². The Morgan fingerprint density at radius 1 is 1.37 bits per heavy atom. The van der Waals surface area contributed by atoms with Crippen LogP contribution in [-0.2, 0) is 0 Å². The van der Waals surface area contributed by atoms with Crippen molar-refractivity contribution in [3.05, 3.63) is 24.0 Å². The molecule has 1 fully saturated rings. The second-order valence-corrected chi connectivity index (χ2v) is 5.42. The Labute approximate surface area is 114 Å². The maximum atomic E-state index is 9.04. The van der Waals surface area contributed by atoms with Crippen molar-refractivity contribution in [1.29, 1.82) is 5.26 Å². The third-order valence-corrected chi connectivity index (χ3v) is 4.21. The molecule has 1 saturated carbocycles. The van der Waals surface area contributed by atoms with Crippen LogP contribution >= 0.6 is 11.8 Å². The van der Waals surface area contributed by atoms with Gasteiger partial charge in [0, 0.05) is 6.20 Å². The first kappa shape index (κ1) is 12.1. The van der Waals surface area contributed by atoms with Gasteiger partial charge in [-0.25, -0.2) is 9.67 Å². The molecule has 2 aromatic rings. The van der Waals surface area contributed by atoms with Gasteiger partial charge < -0.3 is 0 Å². The molecule has 0 amide bonds. The van der Waals surface area contributed by atoms with Crippen molar-refractivity contribution in [2.75, 3.05) is 0 Å². The van der Waals surface area contributed by atoms with Crippen LogP contribution in [0.5, 0.6) is 0 Å². The van der Waals surface area contributed by atoms with Gasteiger partial charge in [-0.05, 0) is 47.2 Å². The van der Waals surface area contributed by atoms with Crippen LogP contribution < -0.4 is 0 Å². The van der Waals surface area contributed by atoms with Crippen molar-refractivity contribution in [1.82, 2.24) is 25.2 Å². The minimum atomic E-state index is 0.389. The van der Waals surface area contributed by atoms with Crippen molar-refractivity contribution in [3.63, 3.8) is 0 Å². The van der Waals surface area contributed by atoms with Crippen molar-refractivity contribution in [2.24, 2.45) is 0 Å². The molecule has 0 spiro atoms. The Balaban J connectivity index is 1.88. The summed E-state index contributed by atoms with van der Waals surface area (Å²) in [6.45, 7) is 0. The van der Waals surface area contributed by atoms with Gasteiger partial charge >= 0.3 is 0 Å². The first-order valence-corrected chi connectivity index (χ1v) is 7.01. The molecular weight excluding hydrogens is 260 g/mol. The van der Waals surface area contributed by atoms with Gasteiger partial charge in [0.25, 0.3) is 0 Å². The van der Waals surface area contributed by atoms with E-state index in [2.05, 4.69) is 26.6 Å². The van der Waals surface area contributed by atoms with Crippen molar-refractivity contribution >= 4 is 11.8 Å². The van der Waals surface area contributed by atoms with Gasteiger partial charge in [0.05, 0.1) is 10.9 Å². The van der Waals surface area contributed by atoms with E-state index in [1.54, 1.807) is 6.20 Å². The molecule has 0 N–H and O–H groups in total. The summed E-state index contributed by atoms with van der Waals surface area (Å²) in [6, 6.07) is 6.15. The van der Waals surface area contributed by atoms with E-state index in [0.717, 1.165) is 22.9 Å². The molecular formula is C12H12N6S. The molecule has 2 aromatic heterocycles. The topological polar surface area (TPSA) is 80.3 Å². The highest BCUT2D eigenvalue weighted by molar-refractivity contribution is 7.99. The molecule has 7 heteroatoms. The lowest BCUT2D eigenvalue weighted by Gasteiger charge is -2.10. The first-order chi connectivity index (χ1) is 9.38. The zero-order chi connectivity index (χ0) is 13.1. The van der Waals surface area contributed by atoms with Crippen LogP contribution in [0.1, 0.15) is 37.4 Å². The van der Waals surface area contributed by atoms with E-state index in [1.165, 1.54) is 24.6 Å². The van der Waals surface area contributed by atoms with Gasteiger partial charge in [0.15, 0.2) is 5.69 Å². The molecule has 1 aliphatic rings. The highest BCUT2D eigenvalue weighted by atomic mass is 32.2. The van der Waals surface area contributed by atoms with Crippen LogP contribution in [0.25, 0.3) is 0 Å². The number of hydrogen-bond donors (Lipinski definition) is 0. The van der Waals surface area contributed by atoms with Crippen LogP contribution in [0, 0.1) is 11.3 Å². The molecule has 0 saturated heterocycles. The summed E-state index contributed by atoms with van der Waals surface area (Å²) in [5.41, 5.74) is 0.411. The number of tetrazole rings is 1. The van der Waals surface area contributed by atoms with Crippen LogP contribution in [0.2, 0.25) is 0 Å². The number of nitriles is 1. The minimum Gasteiger partial charge on any atom is -0.244 e. The van der Waals surface area contributed by atoms with Gasteiger partial charge in [0.1, 0.15) is 6.07 Å². The predicted octanol–water partition coefficient (Wildman–Crippen LogP) is 2.21. The Morgan fingerprint density at radius 3 is 3.00 bits per heavy atom. The van der Waals surface area contributed by atoms with E-state index in [0.29, 0.717) is 11.7 Å². The summed E-state index contributed by atoms with van der Waals surface area (Å²) >= 11 is 1.40. The highest BCUT2D eigenvalue weighted by Gasteiger charge is 2.22. The van der Waals surface area contributed by atoms with Crippen molar-refractivity contribution < 1.29 is 0 Å². The third kappa shape index (κ3) is 2.44. The molecule has 0 aliphatic heterocycles. The van der Waals surface area contributed by atoms with E-state index in [9.17, 15) is 0 Å². The number of hydrogen-bond acceptors (Lipinski definition) is 6. The Kier molecular flexibility index (Phi) is 3.42. The van der Waals surface area contributed by atoms with Crippen LogP contribution in [0.4, 0.5) is 0 Å². The smallest absolute Gasteiger partial charge is 0.214 e. The number of aromatic nitrogens is 5. The molecule has 1 aliphatic carbocycles. The molecule has 19 heavy (non-hydrogen) atoms. The zero-order valence-electron chi connectivity index (χ0n) is 10.2. The molecule has 0 bridgehead atoms. The Morgan fingerprint density at radius 2 is 2.21 bits per heavy atom. The van der Waals surface area contributed by atoms with Gasteiger partial charge in [-0.1, -0.05) is 12.8 Å². The summed E-state index contributed by atoms with van der Waals surface area (Å²) in [5, 5.41) is 21.7. The standard InChI is InChI=1S/C12H12N6S/c13-8-10-11(6-3-7-14-10)19-12-15-16-17-18(12)9-4-1-2-5-9/h3,6-7,9H,1-2,4-5H2. The number of pyridine rings is 1. The number of rotatable bonds is 3. The molecule has 3 rings (SSSR count). The summed E-state index contributed by atoms with van der Waals surface area (Å²) in [7, 11) is 0. The number of nitrogens with zero attached hydrogens (tertiary/aromatic N) is 6. The normalized spacial score (nSPS) is 15.5. The van der Waals surface area contributed by atoms with E-state index in [-0.39, 0.29) is 0 Å². The average molecular weight is 272 g/mol. The summed E-state index contributed by atoms with van der Waals surface area (Å²) < 4.78 is 1.88. The van der Waals surface area contributed by atoms with E-state index < -0.39 is 0 Å². The lowest BCUT2D eigenvalue weighted by molar-refractivity contribution is 0.423. The maximum absolute atomic E-state index is 9.04. The van der Waals surface area contributed by atoms with E-state index >= 15 is 0 Å². The molecule has 96 valence electrons. The van der Waals surface area contributed by atoms with Gasteiger partial charge in [-0.2, -0.15) is 5.26 Å². The first-order valence-electron chi connectivity index (χ1n) is 6.19. The van der Waals surface area contributed by atoms with E-state index in [4.69, 9.17) is 5.26 Å². The Bertz CT molecular complexity index is 611. The molecule has 0 atom stereocenters. The molecule has 6 nitrogen and oxygen atoms in total. The molecule has 0 unspecified atom stereocenters. The van der Waals surface area contributed by atoms with Crippen LogP contribution in [0.15, 0.2) is 28.4 Å². The lowest BCUT2D eigenvalue weighted by atomic mass is 10.3. The largest absolute Gasteiger partial charge is 0.244 e. The summed E-state index contributed by atoms with van der Waals surface area (Å²) in [6.07, 6.45) is 6.31. The molecule has 0 radical (unpaired) electrons. The second-order valence-electron chi connectivity index (χ2n) is 4.41. The lowest BCUT2D eigenvalue weighted by Crippen LogP contribution is -2.08. The maximum Gasteiger partial charge on any atom is 0.214 e. The molecule has 0 aromatic carbocycles. The fraction of sp³-hybridized carbons (Fsp3) is 0.417. The Hall–Kier alpha value is -1.94. The third-order valence-electron chi connectivity index (χ3n) is 3.21. The van der Waals surface area contributed by atoms with Gasteiger partial charge in [-0.3, -0.25) is 0 Å². The van der Waals surface area contributed by atoms with Crippen molar-refractivity contribution in [2.45, 2.75) is 41.8 Å². The summed E-state index contributed by atoms with van der Waals surface area (Å²) in [4.78, 5) is 4.84.